The second kappa shape index (κ2) is 6.06. The zero-order valence-corrected chi connectivity index (χ0v) is 13.2. The summed E-state index contributed by atoms with van der Waals surface area (Å²) in [5.41, 5.74) is 0.528. The van der Waals surface area contributed by atoms with E-state index in [1.165, 1.54) is 0 Å². The zero-order chi connectivity index (χ0) is 14.8. The highest BCUT2D eigenvalue weighted by molar-refractivity contribution is 9.10. The van der Waals surface area contributed by atoms with Crippen LogP contribution in [0.3, 0.4) is 0 Å². The number of ketones is 1. The van der Waals surface area contributed by atoms with Gasteiger partial charge in [0.2, 0.25) is 0 Å². The zero-order valence-electron chi connectivity index (χ0n) is 10.8. The van der Waals surface area contributed by atoms with Crippen LogP contribution in [0, 0.1) is 11.3 Å². The van der Waals surface area contributed by atoms with E-state index >= 15 is 0 Å². The standard InChI is InChI=1S/C14H14BrNO3S/c15-12-6-2-1-5-10(12)11(9-16)14(17)13-7-3-4-8-20(13,18)19/h1-2,5-6,11,13H,3-4,7-8H2. The fourth-order valence-electron chi connectivity index (χ4n) is 2.46. The van der Waals surface area contributed by atoms with Crippen molar-refractivity contribution in [2.24, 2.45) is 0 Å². The molecule has 0 aliphatic carbocycles. The van der Waals surface area contributed by atoms with Crippen LogP contribution < -0.4 is 0 Å². The number of carbonyl (C=O) groups excluding carboxylic acids is 1. The van der Waals surface area contributed by atoms with Crippen molar-refractivity contribution in [2.75, 3.05) is 5.75 Å². The van der Waals surface area contributed by atoms with Gasteiger partial charge >= 0.3 is 0 Å². The normalized spacial score (nSPS) is 22.7. The van der Waals surface area contributed by atoms with Crippen LogP contribution in [-0.2, 0) is 14.6 Å². The van der Waals surface area contributed by atoms with E-state index < -0.39 is 26.8 Å². The molecule has 1 aromatic rings. The molecule has 1 saturated heterocycles. The van der Waals surface area contributed by atoms with Gasteiger partial charge in [0.05, 0.1) is 11.8 Å². The van der Waals surface area contributed by atoms with Crippen molar-refractivity contribution in [1.29, 1.82) is 5.26 Å². The molecule has 2 unspecified atom stereocenters. The number of sulfone groups is 1. The maximum Gasteiger partial charge on any atom is 0.172 e. The smallest absolute Gasteiger partial charge is 0.172 e. The first-order valence-electron chi connectivity index (χ1n) is 6.36. The van der Waals surface area contributed by atoms with Crippen LogP contribution in [-0.4, -0.2) is 25.2 Å². The van der Waals surface area contributed by atoms with Gasteiger partial charge in [-0.25, -0.2) is 8.42 Å². The molecule has 1 aliphatic rings. The number of nitrogens with zero attached hydrogens (tertiary/aromatic N) is 1. The summed E-state index contributed by atoms with van der Waals surface area (Å²) in [4.78, 5) is 12.5. The molecule has 0 bridgehead atoms. The summed E-state index contributed by atoms with van der Waals surface area (Å²) < 4.78 is 24.7. The second-order valence-electron chi connectivity index (χ2n) is 4.84. The van der Waals surface area contributed by atoms with E-state index in [-0.39, 0.29) is 5.75 Å². The largest absolute Gasteiger partial charge is 0.296 e. The van der Waals surface area contributed by atoms with Gasteiger partial charge in [-0.3, -0.25) is 4.79 Å². The number of benzene rings is 1. The molecule has 4 nitrogen and oxygen atoms in total. The Morgan fingerprint density at radius 3 is 2.65 bits per heavy atom. The Morgan fingerprint density at radius 2 is 2.05 bits per heavy atom. The van der Waals surface area contributed by atoms with Crippen molar-refractivity contribution in [2.45, 2.75) is 30.4 Å². The minimum absolute atomic E-state index is 0.0392. The summed E-state index contributed by atoms with van der Waals surface area (Å²) in [7, 11) is -3.41. The van der Waals surface area contributed by atoms with E-state index in [2.05, 4.69) is 15.9 Å². The molecule has 0 aromatic heterocycles. The monoisotopic (exact) mass is 355 g/mol. The van der Waals surface area contributed by atoms with Gasteiger partial charge in [-0.15, -0.1) is 0 Å². The Hall–Kier alpha value is -1.19. The number of hydrogen-bond donors (Lipinski definition) is 0. The summed E-state index contributed by atoms with van der Waals surface area (Å²) >= 11 is 3.31. The highest BCUT2D eigenvalue weighted by atomic mass is 79.9. The highest BCUT2D eigenvalue weighted by Crippen LogP contribution is 2.30. The molecule has 0 spiro atoms. The summed E-state index contributed by atoms with van der Waals surface area (Å²) in [6.45, 7) is 0. The first-order chi connectivity index (χ1) is 9.47. The third-order valence-corrected chi connectivity index (χ3v) is 6.44. The molecule has 0 saturated carbocycles. The maximum atomic E-state index is 12.5. The molecular weight excluding hydrogens is 342 g/mol. The van der Waals surface area contributed by atoms with E-state index in [4.69, 9.17) is 0 Å². The van der Waals surface area contributed by atoms with Crippen LogP contribution in [0.25, 0.3) is 0 Å². The van der Waals surface area contributed by atoms with E-state index in [0.29, 0.717) is 29.3 Å². The van der Waals surface area contributed by atoms with Crippen LogP contribution in [0.15, 0.2) is 28.7 Å². The van der Waals surface area contributed by atoms with E-state index in [1.807, 2.05) is 6.07 Å². The van der Waals surface area contributed by atoms with Crippen molar-refractivity contribution in [3.8, 4) is 6.07 Å². The van der Waals surface area contributed by atoms with Crippen LogP contribution in [0.2, 0.25) is 0 Å². The molecular formula is C14H14BrNO3S. The average Bonchev–Trinajstić information content (AvgIpc) is 2.41. The number of hydrogen-bond acceptors (Lipinski definition) is 4. The molecule has 0 amide bonds. The lowest BCUT2D eigenvalue weighted by Gasteiger charge is -2.23. The summed E-state index contributed by atoms with van der Waals surface area (Å²) in [5.74, 6) is -1.50. The Bertz CT molecular complexity index is 663. The lowest BCUT2D eigenvalue weighted by molar-refractivity contribution is -0.119. The summed E-state index contributed by atoms with van der Waals surface area (Å²) in [6, 6.07) is 8.87. The van der Waals surface area contributed by atoms with Crippen molar-refractivity contribution in [3.63, 3.8) is 0 Å². The van der Waals surface area contributed by atoms with Gasteiger partial charge in [-0.2, -0.15) is 5.26 Å². The molecule has 2 rings (SSSR count). The van der Waals surface area contributed by atoms with Crippen molar-refractivity contribution < 1.29 is 13.2 Å². The summed E-state index contributed by atoms with van der Waals surface area (Å²) in [5, 5.41) is 8.25. The van der Waals surface area contributed by atoms with E-state index in [0.717, 1.165) is 0 Å². The number of Topliss-reactive ketones (excluding diaryl/α,β-unsaturated/α-hetero) is 1. The van der Waals surface area contributed by atoms with Gasteiger partial charge in [0.25, 0.3) is 0 Å². The van der Waals surface area contributed by atoms with Gasteiger partial charge in [0.15, 0.2) is 15.6 Å². The highest BCUT2D eigenvalue weighted by Gasteiger charge is 2.39. The molecule has 6 heteroatoms. The SMILES string of the molecule is N#CC(C(=O)C1CCCCS1(=O)=O)c1ccccc1Br. The average molecular weight is 356 g/mol. The quantitative estimate of drug-likeness (QED) is 0.834. The number of carbonyl (C=O) groups is 1. The minimum atomic E-state index is -3.41. The second-order valence-corrected chi connectivity index (χ2v) is 7.99. The number of halogens is 1. The van der Waals surface area contributed by atoms with Crippen molar-refractivity contribution in [3.05, 3.63) is 34.3 Å². The predicted molar refractivity (Wildman–Crippen MR) is 78.9 cm³/mol. The van der Waals surface area contributed by atoms with Gasteiger partial charge < -0.3 is 0 Å². The number of nitriles is 1. The van der Waals surface area contributed by atoms with Gasteiger partial charge in [-0.05, 0) is 24.5 Å². The fraction of sp³-hybridized carbons (Fsp3) is 0.429. The maximum absolute atomic E-state index is 12.5. The number of rotatable bonds is 3. The molecule has 1 heterocycles. The molecule has 106 valence electrons. The molecule has 1 fully saturated rings. The minimum Gasteiger partial charge on any atom is -0.296 e. The molecule has 0 N–H and O–H groups in total. The Morgan fingerprint density at radius 1 is 1.35 bits per heavy atom. The molecule has 0 radical (unpaired) electrons. The van der Waals surface area contributed by atoms with E-state index in [1.54, 1.807) is 24.3 Å². The lowest BCUT2D eigenvalue weighted by Crippen LogP contribution is -2.38. The van der Waals surface area contributed by atoms with Crippen molar-refractivity contribution in [1.82, 2.24) is 0 Å². The Balaban J connectivity index is 2.36. The van der Waals surface area contributed by atoms with Crippen molar-refractivity contribution >= 4 is 31.6 Å². The van der Waals surface area contributed by atoms with Gasteiger partial charge in [0.1, 0.15) is 11.2 Å². The molecule has 1 aliphatic heterocycles. The fourth-order valence-corrected chi connectivity index (χ4v) is 4.88. The Kier molecular flexibility index (Phi) is 4.61. The first kappa shape index (κ1) is 15.2. The van der Waals surface area contributed by atoms with Crippen LogP contribution in [0.4, 0.5) is 0 Å². The molecule has 20 heavy (non-hydrogen) atoms. The van der Waals surface area contributed by atoms with Gasteiger partial charge in [0, 0.05) is 4.47 Å². The first-order valence-corrected chi connectivity index (χ1v) is 8.87. The summed E-state index contributed by atoms with van der Waals surface area (Å²) in [6.07, 6.45) is 1.63. The topological polar surface area (TPSA) is 75.0 Å². The molecule has 2 atom stereocenters. The van der Waals surface area contributed by atoms with Crippen LogP contribution in [0.1, 0.15) is 30.7 Å². The van der Waals surface area contributed by atoms with E-state index in [9.17, 15) is 18.5 Å². The third kappa shape index (κ3) is 2.94. The van der Waals surface area contributed by atoms with Gasteiger partial charge in [-0.1, -0.05) is 40.5 Å². The predicted octanol–water partition coefficient (Wildman–Crippen LogP) is 2.59. The lowest BCUT2D eigenvalue weighted by atomic mass is 9.92. The van der Waals surface area contributed by atoms with Crippen LogP contribution in [0.5, 0.6) is 0 Å². The Labute approximate surface area is 126 Å². The van der Waals surface area contributed by atoms with Crippen LogP contribution >= 0.6 is 15.9 Å². The third-order valence-electron chi connectivity index (χ3n) is 3.53. The molecule has 1 aromatic carbocycles.